The second-order valence-electron chi connectivity index (χ2n) is 4.52. The van der Waals surface area contributed by atoms with Gasteiger partial charge in [0, 0.05) is 26.1 Å². The van der Waals surface area contributed by atoms with Gasteiger partial charge >= 0.3 is 0 Å². The van der Waals surface area contributed by atoms with Crippen molar-refractivity contribution >= 4 is 54.4 Å². The Balaban J connectivity index is 2.30. The van der Waals surface area contributed by atoms with Gasteiger partial charge in [0.25, 0.3) is 0 Å². The van der Waals surface area contributed by atoms with Crippen LogP contribution in [0.3, 0.4) is 0 Å². The minimum Gasteiger partial charge on any atom is -0.506 e. The molecule has 3 rings (SSSR count). The number of fused-ring (bicyclic) bond motifs is 1. The van der Waals surface area contributed by atoms with Gasteiger partial charge in [-0.2, -0.15) is 0 Å². The molecule has 1 heterocycles. The maximum atomic E-state index is 12.3. The second kappa shape index (κ2) is 5.48. The summed E-state index contributed by atoms with van der Waals surface area (Å²) in [4.78, 5) is 15.5. The molecule has 0 saturated carbocycles. The van der Waals surface area contributed by atoms with Gasteiger partial charge < -0.3 is 10.1 Å². The number of halogens is 3. The van der Waals surface area contributed by atoms with Gasteiger partial charge in [0.05, 0.1) is 10.5 Å². The van der Waals surface area contributed by atoms with Gasteiger partial charge in [-0.15, -0.1) is 0 Å². The average Bonchev–Trinajstić information content (AvgIpc) is 2.43. The fraction of sp³-hybridized carbons (Fsp3) is 0. The van der Waals surface area contributed by atoms with Crippen molar-refractivity contribution in [2.24, 2.45) is 0 Å². The Morgan fingerprint density at radius 2 is 1.86 bits per heavy atom. The highest BCUT2D eigenvalue weighted by molar-refractivity contribution is 9.11. The molecule has 0 aliphatic carbocycles. The van der Waals surface area contributed by atoms with Crippen LogP contribution in [0.1, 0.15) is 0 Å². The smallest absolute Gasteiger partial charge is 0.190 e. The van der Waals surface area contributed by atoms with Crippen LogP contribution in [0.2, 0.25) is 5.02 Å². The number of hydrogen-bond donors (Lipinski definition) is 2. The van der Waals surface area contributed by atoms with Crippen molar-refractivity contribution in [3.8, 4) is 17.0 Å². The van der Waals surface area contributed by atoms with Crippen LogP contribution < -0.4 is 5.43 Å². The van der Waals surface area contributed by atoms with Crippen LogP contribution in [0.5, 0.6) is 5.75 Å². The van der Waals surface area contributed by atoms with Crippen molar-refractivity contribution < 1.29 is 5.11 Å². The van der Waals surface area contributed by atoms with Gasteiger partial charge in [0.2, 0.25) is 0 Å². The fourth-order valence-corrected chi connectivity index (χ4v) is 3.61. The summed E-state index contributed by atoms with van der Waals surface area (Å²) < 4.78 is 1.61. The third-order valence-corrected chi connectivity index (χ3v) is 4.50. The van der Waals surface area contributed by atoms with E-state index >= 15 is 0 Å². The largest absolute Gasteiger partial charge is 0.506 e. The van der Waals surface area contributed by atoms with E-state index in [1.54, 1.807) is 18.2 Å². The highest BCUT2D eigenvalue weighted by Crippen LogP contribution is 2.30. The Labute approximate surface area is 141 Å². The average molecular weight is 429 g/mol. The van der Waals surface area contributed by atoms with Gasteiger partial charge in [-0.3, -0.25) is 4.79 Å². The molecule has 2 aromatic carbocycles. The predicted octanol–water partition coefficient (Wildman–Crippen LogP) is 5.08. The van der Waals surface area contributed by atoms with E-state index in [1.807, 2.05) is 6.07 Å². The maximum Gasteiger partial charge on any atom is 0.190 e. The summed E-state index contributed by atoms with van der Waals surface area (Å²) in [5.74, 6) is 0.00802. The molecule has 0 amide bonds. The molecule has 2 N–H and O–H groups in total. The zero-order chi connectivity index (χ0) is 15.1. The minimum atomic E-state index is -0.0926. The van der Waals surface area contributed by atoms with Gasteiger partial charge in [-0.25, -0.2) is 0 Å². The van der Waals surface area contributed by atoms with Crippen LogP contribution >= 0.6 is 43.5 Å². The molecule has 3 aromatic rings. The van der Waals surface area contributed by atoms with E-state index in [9.17, 15) is 9.90 Å². The molecule has 6 heteroatoms. The van der Waals surface area contributed by atoms with E-state index < -0.39 is 0 Å². The van der Waals surface area contributed by atoms with Crippen molar-refractivity contribution in [2.75, 3.05) is 0 Å². The van der Waals surface area contributed by atoms with Gasteiger partial charge in [-0.05, 0) is 51.8 Å². The number of aromatic amines is 1. The van der Waals surface area contributed by atoms with Crippen molar-refractivity contribution in [2.45, 2.75) is 0 Å². The van der Waals surface area contributed by atoms with Gasteiger partial charge in [0.1, 0.15) is 5.75 Å². The highest BCUT2D eigenvalue weighted by Gasteiger charge is 2.09. The van der Waals surface area contributed by atoms with Crippen LogP contribution in [-0.4, -0.2) is 10.1 Å². The number of H-pyrrole nitrogens is 1. The first-order valence-corrected chi connectivity index (χ1v) is 7.93. The molecule has 0 radical (unpaired) electrons. The first kappa shape index (κ1) is 14.6. The molecule has 21 heavy (non-hydrogen) atoms. The van der Waals surface area contributed by atoms with Crippen LogP contribution in [-0.2, 0) is 0 Å². The molecule has 0 bridgehead atoms. The van der Waals surface area contributed by atoms with Crippen LogP contribution in [0.15, 0.2) is 50.1 Å². The molecule has 0 spiro atoms. The van der Waals surface area contributed by atoms with E-state index in [4.69, 9.17) is 11.6 Å². The Morgan fingerprint density at radius 3 is 2.57 bits per heavy atom. The Kier molecular flexibility index (Phi) is 3.82. The summed E-state index contributed by atoms with van der Waals surface area (Å²) in [5.41, 5.74) is 1.99. The maximum absolute atomic E-state index is 12.3. The number of aromatic hydroxyl groups is 1. The van der Waals surface area contributed by atoms with Crippen molar-refractivity contribution in [3.05, 3.63) is 60.6 Å². The molecule has 106 valence electrons. The van der Waals surface area contributed by atoms with Crippen LogP contribution in [0, 0.1) is 0 Å². The lowest BCUT2D eigenvalue weighted by molar-refractivity contribution is 0.475. The molecule has 3 nitrogen and oxygen atoms in total. The topological polar surface area (TPSA) is 53.1 Å². The lowest BCUT2D eigenvalue weighted by Gasteiger charge is -2.08. The molecule has 0 saturated heterocycles. The highest BCUT2D eigenvalue weighted by atomic mass is 79.9. The summed E-state index contributed by atoms with van der Waals surface area (Å²) in [6.07, 6.45) is 0. The molecule has 0 fully saturated rings. The third kappa shape index (κ3) is 2.73. The summed E-state index contributed by atoms with van der Waals surface area (Å²) in [5, 5.41) is 10.3. The number of rotatable bonds is 1. The molecule has 0 aliphatic rings. The third-order valence-electron chi connectivity index (χ3n) is 3.11. The standard InChI is InChI=1S/C15H8Br2ClNO2/c16-8-4-9-14(21)6-12(19-15(9)10(17)5-8)7-1-2-13(20)11(18)3-7/h1-6,20H,(H,19,21). The Bertz CT molecular complexity index is 921. The van der Waals surface area contributed by atoms with Crippen molar-refractivity contribution in [1.82, 2.24) is 4.98 Å². The number of phenolic OH excluding ortho intramolecular Hbond substituents is 1. The number of aromatic nitrogens is 1. The van der Waals surface area contributed by atoms with E-state index in [2.05, 4.69) is 36.8 Å². The molecule has 1 aromatic heterocycles. The van der Waals surface area contributed by atoms with E-state index in [-0.39, 0.29) is 16.2 Å². The number of nitrogens with one attached hydrogen (secondary N) is 1. The number of pyridine rings is 1. The monoisotopic (exact) mass is 427 g/mol. The van der Waals surface area contributed by atoms with E-state index in [0.717, 1.165) is 14.5 Å². The number of hydrogen-bond acceptors (Lipinski definition) is 2. The Hall–Kier alpha value is -1.30. The first-order valence-electron chi connectivity index (χ1n) is 5.96. The summed E-state index contributed by atoms with van der Waals surface area (Å²) in [7, 11) is 0. The number of phenols is 1. The molecule has 0 unspecified atom stereocenters. The summed E-state index contributed by atoms with van der Waals surface area (Å²) in [6.45, 7) is 0. The molecule has 0 atom stereocenters. The van der Waals surface area contributed by atoms with Crippen LogP contribution in [0.4, 0.5) is 0 Å². The van der Waals surface area contributed by atoms with Crippen LogP contribution in [0.25, 0.3) is 22.2 Å². The lowest BCUT2D eigenvalue weighted by atomic mass is 10.1. The van der Waals surface area contributed by atoms with Gasteiger partial charge in [-0.1, -0.05) is 27.5 Å². The SMILES string of the molecule is O=c1cc(-c2ccc(O)c(Cl)c2)[nH]c2c(Br)cc(Br)cc12. The molecular weight excluding hydrogens is 421 g/mol. The fourth-order valence-electron chi connectivity index (χ4n) is 2.10. The van der Waals surface area contributed by atoms with Gasteiger partial charge in [0.15, 0.2) is 5.43 Å². The summed E-state index contributed by atoms with van der Waals surface area (Å²) in [6, 6.07) is 9.96. The zero-order valence-corrected chi connectivity index (χ0v) is 14.4. The second-order valence-corrected chi connectivity index (χ2v) is 6.70. The molecule has 0 aliphatic heterocycles. The quantitative estimate of drug-likeness (QED) is 0.567. The normalized spacial score (nSPS) is 11.0. The number of benzene rings is 2. The predicted molar refractivity (Wildman–Crippen MR) is 92.1 cm³/mol. The first-order chi connectivity index (χ1) is 9.95. The Morgan fingerprint density at radius 1 is 1.10 bits per heavy atom. The molecular formula is C15H8Br2ClNO2. The van der Waals surface area contributed by atoms with E-state index in [0.29, 0.717) is 16.6 Å². The lowest BCUT2D eigenvalue weighted by Crippen LogP contribution is -2.03. The van der Waals surface area contributed by atoms with Crippen molar-refractivity contribution in [3.63, 3.8) is 0 Å². The van der Waals surface area contributed by atoms with Crippen molar-refractivity contribution in [1.29, 1.82) is 0 Å². The minimum absolute atomic E-state index is 0.00802. The zero-order valence-electron chi connectivity index (χ0n) is 10.5. The summed E-state index contributed by atoms with van der Waals surface area (Å²) >= 11 is 12.7. The van der Waals surface area contributed by atoms with E-state index in [1.165, 1.54) is 12.1 Å².